The van der Waals surface area contributed by atoms with Gasteiger partial charge in [0.1, 0.15) is 11.6 Å². The summed E-state index contributed by atoms with van der Waals surface area (Å²) in [6.45, 7) is 1.95. The average molecular weight is 324 g/mol. The molecule has 116 valence electrons. The third kappa shape index (κ3) is 3.25. The summed E-state index contributed by atoms with van der Waals surface area (Å²) in [6.07, 6.45) is 0. The largest absolute Gasteiger partial charge is 0.206 e. The summed E-state index contributed by atoms with van der Waals surface area (Å²) in [5, 5.41) is 0. The summed E-state index contributed by atoms with van der Waals surface area (Å²) >= 11 is 0. The summed E-state index contributed by atoms with van der Waals surface area (Å²) in [6, 6.07) is 19.0. The summed E-state index contributed by atoms with van der Waals surface area (Å²) < 4.78 is 29.0. The molecule has 0 bridgehead atoms. The Morgan fingerprint density at radius 2 is 1.26 bits per heavy atom. The van der Waals surface area contributed by atoms with Crippen LogP contribution in [0.2, 0.25) is 0 Å². The lowest BCUT2D eigenvalue weighted by atomic mass is 9.98. The average Bonchev–Trinajstić information content (AvgIpc) is 2.56. The van der Waals surface area contributed by atoms with E-state index in [1.54, 1.807) is 12.1 Å². The lowest BCUT2D eigenvalue weighted by molar-refractivity contribution is 0.590. The summed E-state index contributed by atoms with van der Waals surface area (Å²) in [5.74, 6) is -1.06. The highest BCUT2D eigenvalue weighted by Crippen LogP contribution is 2.31. The molecule has 0 fully saturated rings. The van der Waals surface area contributed by atoms with E-state index in [2.05, 4.69) is 0 Å². The van der Waals surface area contributed by atoms with Crippen LogP contribution in [0.4, 0.5) is 8.78 Å². The Labute approximate surface area is 138 Å². The fourth-order valence-corrected chi connectivity index (χ4v) is 3.14. The first-order valence-corrected chi connectivity index (χ1v) is 9.15. The van der Waals surface area contributed by atoms with Gasteiger partial charge in [0.2, 0.25) is 0 Å². The maximum Gasteiger partial charge on any atom is 0.134 e. The molecule has 3 aromatic rings. The molecule has 23 heavy (non-hydrogen) atoms. The molecule has 0 aliphatic heterocycles. The Bertz CT molecular complexity index is 798. The number of hydrogen-bond acceptors (Lipinski definition) is 0. The Kier molecular flexibility index (Phi) is 4.39. The summed E-state index contributed by atoms with van der Waals surface area (Å²) in [7, 11) is 1.11. The van der Waals surface area contributed by atoms with Crippen LogP contribution in [0.15, 0.2) is 60.7 Å². The van der Waals surface area contributed by atoms with Crippen molar-refractivity contribution in [1.82, 2.24) is 0 Å². The van der Waals surface area contributed by atoms with Crippen molar-refractivity contribution in [2.45, 2.75) is 13.0 Å². The van der Waals surface area contributed by atoms with Gasteiger partial charge < -0.3 is 0 Å². The molecule has 3 rings (SSSR count). The molecule has 0 aliphatic carbocycles. The summed E-state index contributed by atoms with van der Waals surface area (Å²) in [4.78, 5) is 0. The number of benzene rings is 3. The quantitative estimate of drug-likeness (QED) is 0.624. The zero-order valence-corrected chi connectivity index (χ0v) is 15.2. The van der Waals surface area contributed by atoms with E-state index >= 15 is 0 Å². The Morgan fingerprint density at radius 1 is 0.739 bits per heavy atom. The predicted molar refractivity (Wildman–Crippen MR) is 95.6 cm³/mol. The topological polar surface area (TPSA) is 0 Å². The van der Waals surface area contributed by atoms with Crippen LogP contribution in [0.25, 0.3) is 22.3 Å². The molecule has 0 saturated carbocycles. The fraction of sp³-hybridized carbons (Fsp3) is 0.100. The van der Waals surface area contributed by atoms with E-state index in [0.29, 0.717) is 11.1 Å². The standard InChI is InChI=1S/C20H18F2Si/c1-13-2-6-16(7-3-13)20-18(21)10-17(11-19(20)22)15-8-4-14(12-23)5-9-15/h2-11H,12H2,1,23H3. The lowest BCUT2D eigenvalue weighted by Crippen LogP contribution is -1.93. The molecule has 0 N–H and O–H groups in total. The zero-order valence-electron chi connectivity index (χ0n) is 13.2. The molecular weight excluding hydrogens is 306 g/mol. The van der Waals surface area contributed by atoms with Gasteiger partial charge in [0.25, 0.3) is 0 Å². The molecular formula is C20H18F2Si. The van der Waals surface area contributed by atoms with E-state index in [4.69, 9.17) is 0 Å². The van der Waals surface area contributed by atoms with Crippen LogP contribution >= 0.6 is 0 Å². The molecule has 0 aliphatic rings. The smallest absolute Gasteiger partial charge is 0.134 e. The number of rotatable bonds is 3. The van der Waals surface area contributed by atoms with Crippen molar-refractivity contribution < 1.29 is 8.78 Å². The van der Waals surface area contributed by atoms with Gasteiger partial charge >= 0.3 is 0 Å². The first kappa shape index (κ1) is 15.6. The predicted octanol–water partition coefficient (Wildman–Crippen LogP) is 4.47. The minimum Gasteiger partial charge on any atom is -0.206 e. The molecule has 3 aromatic carbocycles. The van der Waals surface area contributed by atoms with Gasteiger partial charge in [-0.05, 0) is 41.8 Å². The molecule has 0 amide bonds. The number of aryl methyl sites for hydroxylation is 1. The summed E-state index contributed by atoms with van der Waals surface area (Å²) in [5.41, 5.74) is 4.31. The number of halogens is 2. The normalized spacial score (nSPS) is 10.9. The van der Waals surface area contributed by atoms with E-state index in [1.807, 2.05) is 43.3 Å². The van der Waals surface area contributed by atoms with Gasteiger partial charge in [0, 0.05) is 10.2 Å². The molecule has 0 saturated heterocycles. The van der Waals surface area contributed by atoms with E-state index in [-0.39, 0.29) is 5.56 Å². The first-order valence-electron chi connectivity index (χ1n) is 7.74. The van der Waals surface area contributed by atoms with Crippen LogP contribution < -0.4 is 0 Å². The van der Waals surface area contributed by atoms with Crippen molar-refractivity contribution >= 4 is 10.2 Å². The number of hydrogen-bond donors (Lipinski definition) is 0. The van der Waals surface area contributed by atoms with Crippen molar-refractivity contribution in [1.29, 1.82) is 0 Å². The van der Waals surface area contributed by atoms with Crippen LogP contribution in [0.5, 0.6) is 0 Å². The van der Waals surface area contributed by atoms with E-state index in [1.165, 1.54) is 17.7 Å². The zero-order chi connectivity index (χ0) is 16.4. The molecule has 0 aromatic heterocycles. The van der Waals surface area contributed by atoms with Gasteiger partial charge in [-0.25, -0.2) is 8.78 Å². The minimum atomic E-state index is -0.532. The molecule has 0 heterocycles. The van der Waals surface area contributed by atoms with Crippen molar-refractivity contribution in [3.8, 4) is 22.3 Å². The lowest BCUT2D eigenvalue weighted by Gasteiger charge is -2.10. The second-order valence-electron chi connectivity index (χ2n) is 5.73. The van der Waals surface area contributed by atoms with Gasteiger partial charge in [-0.2, -0.15) is 0 Å². The van der Waals surface area contributed by atoms with Crippen LogP contribution in [-0.4, -0.2) is 10.2 Å². The van der Waals surface area contributed by atoms with E-state index in [9.17, 15) is 8.78 Å². The third-order valence-electron chi connectivity index (χ3n) is 4.08. The maximum absolute atomic E-state index is 14.5. The Balaban J connectivity index is 2.04. The Morgan fingerprint density at radius 3 is 1.78 bits per heavy atom. The van der Waals surface area contributed by atoms with E-state index < -0.39 is 11.6 Å². The SMILES string of the molecule is Cc1ccc(-c2c(F)cc(-c3ccc(C[SiH3])cc3)cc2F)cc1. The fourth-order valence-electron chi connectivity index (χ4n) is 2.67. The molecule has 0 spiro atoms. The molecule has 0 atom stereocenters. The van der Waals surface area contributed by atoms with Gasteiger partial charge in [0.05, 0.1) is 5.56 Å². The van der Waals surface area contributed by atoms with E-state index in [0.717, 1.165) is 27.4 Å². The van der Waals surface area contributed by atoms with Crippen molar-refractivity contribution in [2.75, 3.05) is 0 Å². The second kappa shape index (κ2) is 6.47. The van der Waals surface area contributed by atoms with Crippen LogP contribution in [0.3, 0.4) is 0 Å². The molecule has 0 nitrogen and oxygen atoms in total. The third-order valence-corrected chi connectivity index (χ3v) is 4.89. The van der Waals surface area contributed by atoms with Gasteiger partial charge in [0.15, 0.2) is 0 Å². The maximum atomic E-state index is 14.5. The van der Waals surface area contributed by atoms with Gasteiger partial charge in [-0.3, -0.25) is 0 Å². The highest BCUT2D eigenvalue weighted by molar-refractivity contribution is 6.08. The molecule has 0 radical (unpaired) electrons. The monoisotopic (exact) mass is 324 g/mol. The van der Waals surface area contributed by atoms with Crippen molar-refractivity contribution in [3.63, 3.8) is 0 Å². The minimum absolute atomic E-state index is 0.0323. The molecule has 3 heteroatoms. The van der Waals surface area contributed by atoms with Gasteiger partial charge in [-0.1, -0.05) is 59.7 Å². The van der Waals surface area contributed by atoms with Crippen LogP contribution in [-0.2, 0) is 6.04 Å². The van der Waals surface area contributed by atoms with Gasteiger partial charge in [-0.15, -0.1) is 0 Å². The second-order valence-corrected chi connectivity index (χ2v) is 6.44. The van der Waals surface area contributed by atoms with Crippen molar-refractivity contribution in [3.05, 3.63) is 83.4 Å². The van der Waals surface area contributed by atoms with Crippen LogP contribution in [0, 0.1) is 18.6 Å². The highest BCUT2D eigenvalue weighted by Gasteiger charge is 2.14. The highest BCUT2D eigenvalue weighted by atomic mass is 28.1. The first-order chi connectivity index (χ1) is 11.1. The van der Waals surface area contributed by atoms with Crippen molar-refractivity contribution in [2.24, 2.45) is 0 Å². The van der Waals surface area contributed by atoms with Crippen LogP contribution in [0.1, 0.15) is 11.1 Å². The Hall–Kier alpha value is -2.26. The molecule has 0 unspecified atom stereocenters.